The molecule has 1 heterocycles. The van der Waals surface area contributed by atoms with E-state index in [1.165, 1.54) is 0 Å². The van der Waals surface area contributed by atoms with E-state index in [2.05, 4.69) is 10.5 Å². The highest BCUT2D eigenvalue weighted by molar-refractivity contribution is 5.04. The Balaban J connectivity index is 2.03. The highest BCUT2D eigenvalue weighted by Crippen LogP contribution is 2.04. The fourth-order valence-corrected chi connectivity index (χ4v) is 1.30. The van der Waals surface area contributed by atoms with Gasteiger partial charge in [-0.1, -0.05) is 12.1 Å². The van der Waals surface area contributed by atoms with Crippen LogP contribution in [0.4, 0.5) is 0 Å². The molecule has 1 rings (SSSR count). The second kappa shape index (κ2) is 10.0. The summed E-state index contributed by atoms with van der Waals surface area (Å²) in [6, 6.07) is 1.90. The summed E-state index contributed by atoms with van der Waals surface area (Å²) in [5.41, 5.74) is 0.895. The van der Waals surface area contributed by atoms with Crippen LogP contribution in [0.3, 0.4) is 0 Å². The molecule has 0 aromatic carbocycles. The minimum Gasteiger partial charge on any atom is -0.382 e. The van der Waals surface area contributed by atoms with Crippen LogP contribution < -0.4 is 5.32 Å². The zero-order chi connectivity index (χ0) is 13.1. The van der Waals surface area contributed by atoms with Gasteiger partial charge in [-0.15, -0.1) is 0 Å². The molecule has 0 saturated carbocycles. The quantitative estimate of drug-likeness (QED) is 0.596. The Labute approximate surface area is 108 Å². The average molecular weight is 258 g/mol. The first-order valence-electron chi connectivity index (χ1n) is 6.16. The number of hydrogen-bond acceptors (Lipinski definition) is 6. The lowest BCUT2D eigenvalue weighted by atomic mass is 10.3. The first-order chi connectivity index (χ1) is 8.86. The van der Waals surface area contributed by atoms with E-state index in [4.69, 9.17) is 18.7 Å². The molecule has 0 aliphatic carbocycles. The fourth-order valence-electron chi connectivity index (χ4n) is 1.30. The van der Waals surface area contributed by atoms with Gasteiger partial charge >= 0.3 is 0 Å². The maximum absolute atomic E-state index is 5.40. The van der Waals surface area contributed by atoms with Crippen molar-refractivity contribution in [2.75, 3.05) is 40.1 Å². The van der Waals surface area contributed by atoms with Gasteiger partial charge in [-0.3, -0.25) is 0 Å². The molecule has 0 aliphatic heterocycles. The molecule has 104 valence electrons. The molecular weight excluding hydrogens is 236 g/mol. The molecule has 0 spiro atoms. The SMILES string of the molecule is CCNCc1cc(COCCOCCOC)on1. The number of hydrogen-bond donors (Lipinski definition) is 1. The second-order valence-electron chi connectivity index (χ2n) is 3.72. The van der Waals surface area contributed by atoms with E-state index in [0.717, 1.165) is 24.5 Å². The molecule has 6 heteroatoms. The summed E-state index contributed by atoms with van der Waals surface area (Å²) >= 11 is 0. The molecule has 0 radical (unpaired) electrons. The van der Waals surface area contributed by atoms with Gasteiger partial charge in [0.15, 0.2) is 5.76 Å². The minimum absolute atomic E-state index is 0.423. The molecule has 1 N–H and O–H groups in total. The zero-order valence-electron chi connectivity index (χ0n) is 11.1. The van der Waals surface area contributed by atoms with Gasteiger partial charge in [0.1, 0.15) is 6.61 Å². The van der Waals surface area contributed by atoms with Crippen molar-refractivity contribution < 1.29 is 18.7 Å². The first-order valence-corrected chi connectivity index (χ1v) is 6.16. The third-order valence-electron chi connectivity index (χ3n) is 2.21. The third kappa shape index (κ3) is 6.70. The van der Waals surface area contributed by atoms with Crippen LogP contribution >= 0.6 is 0 Å². The number of nitrogens with zero attached hydrogens (tertiary/aromatic N) is 1. The Kier molecular flexibility index (Phi) is 8.41. The zero-order valence-corrected chi connectivity index (χ0v) is 11.1. The lowest BCUT2D eigenvalue weighted by Crippen LogP contribution is -2.11. The summed E-state index contributed by atoms with van der Waals surface area (Å²) in [7, 11) is 1.65. The third-order valence-corrected chi connectivity index (χ3v) is 2.21. The van der Waals surface area contributed by atoms with Gasteiger partial charge in [-0.05, 0) is 6.54 Å². The van der Waals surface area contributed by atoms with E-state index >= 15 is 0 Å². The topological polar surface area (TPSA) is 65.8 Å². The van der Waals surface area contributed by atoms with Crippen LogP contribution in [0.2, 0.25) is 0 Å². The van der Waals surface area contributed by atoms with Crippen molar-refractivity contribution >= 4 is 0 Å². The summed E-state index contributed by atoms with van der Waals surface area (Å²) in [5.74, 6) is 0.736. The van der Waals surface area contributed by atoms with Gasteiger partial charge in [0.25, 0.3) is 0 Å². The standard InChI is InChI=1S/C12H22N2O4/c1-3-13-9-11-8-12(18-14-11)10-17-7-6-16-5-4-15-2/h8,13H,3-7,9-10H2,1-2H3. The van der Waals surface area contributed by atoms with Crippen molar-refractivity contribution in [2.24, 2.45) is 0 Å². The predicted molar refractivity (Wildman–Crippen MR) is 66.2 cm³/mol. The minimum atomic E-state index is 0.423. The van der Waals surface area contributed by atoms with Gasteiger partial charge in [0.2, 0.25) is 0 Å². The van der Waals surface area contributed by atoms with Crippen molar-refractivity contribution in [1.82, 2.24) is 10.5 Å². The average Bonchev–Trinajstić information content (AvgIpc) is 2.83. The fraction of sp³-hybridized carbons (Fsp3) is 0.750. The Morgan fingerprint density at radius 1 is 1.22 bits per heavy atom. The van der Waals surface area contributed by atoms with E-state index in [1.54, 1.807) is 7.11 Å². The lowest BCUT2D eigenvalue weighted by molar-refractivity contribution is 0.0151. The van der Waals surface area contributed by atoms with E-state index in [-0.39, 0.29) is 0 Å². The highest BCUT2D eigenvalue weighted by Gasteiger charge is 2.03. The molecule has 0 atom stereocenters. The van der Waals surface area contributed by atoms with Crippen molar-refractivity contribution in [3.8, 4) is 0 Å². The predicted octanol–water partition coefficient (Wildman–Crippen LogP) is 0.964. The highest BCUT2D eigenvalue weighted by atomic mass is 16.5. The smallest absolute Gasteiger partial charge is 0.162 e. The van der Waals surface area contributed by atoms with Crippen LogP contribution in [0.15, 0.2) is 10.6 Å². The molecule has 0 aliphatic rings. The van der Waals surface area contributed by atoms with E-state index in [1.807, 2.05) is 13.0 Å². The summed E-state index contributed by atoms with van der Waals surface area (Å²) in [5, 5.41) is 7.11. The van der Waals surface area contributed by atoms with E-state index in [0.29, 0.717) is 33.0 Å². The lowest BCUT2D eigenvalue weighted by Gasteiger charge is -2.03. The summed E-state index contributed by atoms with van der Waals surface area (Å²) in [6.07, 6.45) is 0. The number of rotatable bonds is 11. The maximum Gasteiger partial charge on any atom is 0.162 e. The molecule has 1 aromatic rings. The first kappa shape index (κ1) is 15.1. The molecule has 0 saturated heterocycles. The van der Waals surface area contributed by atoms with Gasteiger partial charge < -0.3 is 24.1 Å². The largest absolute Gasteiger partial charge is 0.382 e. The van der Waals surface area contributed by atoms with E-state index < -0.39 is 0 Å². The van der Waals surface area contributed by atoms with Gasteiger partial charge in [-0.25, -0.2) is 0 Å². The van der Waals surface area contributed by atoms with E-state index in [9.17, 15) is 0 Å². The molecule has 0 unspecified atom stereocenters. The molecule has 0 amide bonds. The molecule has 1 aromatic heterocycles. The second-order valence-corrected chi connectivity index (χ2v) is 3.72. The monoisotopic (exact) mass is 258 g/mol. The van der Waals surface area contributed by atoms with Crippen LogP contribution in [-0.2, 0) is 27.4 Å². The van der Waals surface area contributed by atoms with Crippen molar-refractivity contribution in [2.45, 2.75) is 20.1 Å². The van der Waals surface area contributed by atoms with Crippen molar-refractivity contribution in [3.05, 3.63) is 17.5 Å². The van der Waals surface area contributed by atoms with Gasteiger partial charge in [-0.2, -0.15) is 0 Å². The van der Waals surface area contributed by atoms with Gasteiger partial charge in [0, 0.05) is 19.7 Å². The number of ether oxygens (including phenoxy) is 3. The molecule has 0 fully saturated rings. The summed E-state index contributed by atoms with van der Waals surface area (Å²) < 4.78 is 20.7. The maximum atomic E-state index is 5.40. The Bertz CT molecular complexity index is 304. The number of aromatic nitrogens is 1. The number of nitrogens with one attached hydrogen (secondary N) is 1. The molecule has 6 nitrogen and oxygen atoms in total. The molecule has 0 bridgehead atoms. The molecule has 18 heavy (non-hydrogen) atoms. The van der Waals surface area contributed by atoms with Crippen LogP contribution in [0.1, 0.15) is 18.4 Å². The van der Waals surface area contributed by atoms with Crippen LogP contribution in [0.25, 0.3) is 0 Å². The number of methoxy groups -OCH3 is 1. The van der Waals surface area contributed by atoms with Crippen LogP contribution in [0, 0.1) is 0 Å². The Morgan fingerprint density at radius 3 is 2.78 bits per heavy atom. The van der Waals surface area contributed by atoms with Crippen molar-refractivity contribution in [3.63, 3.8) is 0 Å². The normalized spacial score (nSPS) is 11.0. The van der Waals surface area contributed by atoms with Crippen molar-refractivity contribution in [1.29, 1.82) is 0 Å². The molecular formula is C12H22N2O4. The van der Waals surface area contributed by atoms with Crippen LogP contribution in [0.5, 0.6) is 0 Å². The Morgan fingerprint density at radius 2 is 2.00 bits per heavy atom. The summed E-state index contributed by atoms with van der Waals surface area (Å²) in [4.78, 5) is 0. The van der Waals surface area contributed by atoms with Gasteiger partial charge in [0.05, 0.1) is 32.1 Å². The summed E-state index contributed by atoms with van der Waals surface area (Å²) in [6.45, 7) is 6.40. The Hall–Kier alpha value is -0.950. The van der Waals surface area contributed by atoms with Crippen LogP contribution in [-0.4, -0.2) is 45.2 Å².